The number of hydrogen-bond donors (Lipinski definition) is 0. The Bertz CT molecular complexity index is 234. The molecule has 0 atom stereocenters. The zero-order valence-electron chi connectivity index (χ0n) is 5.27. The van der Waals surface area contributed by atoms with Crippen LogP contribution in [-0.2, 0) is 0 Å². The topological polar surface area (TPSA) is 0 Å². The third kappa shape index (κ3) is 1.46. The van der Waals surface area contributed by atoms with Crippen molar-refractivity contribution in [2.45, 2.75) is 0 Å². The molecule has 1 aromatic rings. The molecule has 1 rings (SSSR count). The van der Waals surface area contributed by atoms with Crippen LogP contribution in [0.3, 0.4) is 0 Å². The predicted molar refractivity (Wildman–Crippen MR) is 46.7 cm³/mol. The molecule has 0 saturated heterocycles. The normalized spacial score (nSPS) is 10.5. The van der Waals surface area contributed by atoms with Crippen molar-refractivity contribution in [1.82, 2.24) is 0 Å². The Hall–Kier alpha value is 0.150. The summed E-state index contributed by atoms with van der Waals surface area (Å²) in [5.41, 5.74) is 0. The largest absolute Gasteiger partial charge is 0.202 e. The summed E-state index contributed by atoms with van der Waals surface area (Å²) in [7, 11) is 0. The summed E-state index contributed by atoms with van der Waals surface area (Å²) in [4.78, 5) is 0. The van der Waals surface area contributed by atoms with Crippen LogP contribution in [0, 0.1) is 26.8 Å². The van der Waals surface area contributed by atoms with E-state index in [1.54, 1.807) is 0 Å². The molecule has 0 saturated carbocycles. The Kier molecular flexibility index (Phi) is 2.97. The van der Waals surface area contributed by atoms with Gasteiger partial charge in [-0.1, -0.05) is 0 Å². The summed E-state index contributed by atoms with van der Waals surface area (Å²) in [6, 6.07) is 0. The highest BCUT2D eigenvalue weighted by molar-refractivity contribution is 14.1. The molecule has 0 aromatic heterocycles. The highest BCUT2D eigenvalue weighted by Gasteiger charge is 2.22. The lowest BCUT2D eigenvalue weighted by atomic mass is 10.3. The molecule has 0 aliphatic rings. The van der Waals surface area contributed by atoms with Crippen molar-refractivity contribution in [3.63, 3.8) is 0 Å². The summed E-state index contributed by atoms with van der Waals surface area (Å²) in [6.07, 6.45) is 0. The summed E-state index contributed by atoms with van der Waals surface area (Å²) in [5, 5.41) is 0. The predicted octanol–water partition coefficient (Wildman–Crippen LogP) is 3.61. The van der Waals surface area contributed by atoms with Crippen LogP contribution in [0.15, 0.2) is 4.47 Å². The van der Waals surface area contributed by atoms with Crippen molar-refractivity contribution in [2.24, 2.45) is 0 Å². The van der Waals surface area contributed by atoms with Crippen LogP contribution in [0.4, 0.5) is 17.6 Å². The van der Waals surface area contributed by atoms with Crippen LogP contribution in [0.25, 0.3) is 0 Å². The monoisotopic (exact) mass is 354 g/mol. The molecule has 66 valence electrons. The van der Waals surface area contributed by atoms with E-state index in [0.29, 0.717) is 0 Å². The molecule has 0 spiro atoms. The summed E-state index contributed by atoms with van der Waals surface area (Å²) < 4.78 is 49.3. The van der Waals surface area contributed by atoms with E-state index in [1.165, 1.54) is 22.6 Å². The van der Waals surface area contributed by atoms with E-state index in [4.69, 9.17) is 0 Å². The fourth-order valence-electron chi connectivity index (χ4n) is 0.578. The van der Waals surface area contributed by atoms with Crippen molar-refractivity contribution in [1.29, 1.82) is 0 Å². The lowest BCUT2D eigenvalue weighted by molar-refractivity contribution is 0.403. The quantitative estimate of drug-likeness (QED) is 0.289. The molecule has 0 amide bonds. The van der Waals surface area contributed by atoms with Gasteiger partial charge in [-0.15, -0.1) is 0 Å². The molecular weight excluding hydrogens is 355 g/mol. The first-order valence-corrected chi connectivity index (χ1v) is 4.51. The Morgan fingerprint density at radius 1 is 0.833 bits per heavy atom. The second kappa shape index (κ2) is 3.49. The van der Waals surface area contributed by atoms with Gasteiger partial charge in [0.2, 0.25) is 0 Å². The van der Waals surface area contributed by atoms with Gasteiger partial charge in [-0.2, -0.15) is 0 Å². The van der Waals surface area contributed by atoms with Gasteiger partial charge in [-0.05, 0) is 38.5 Å². The molecule has 0 radical (unpaired) electrons. The maximum Gasteiger partial charge on any atom is 0.198 e. The van der Waals surface area contributed by atoms with Crippen LogP contribution < -0.4 is 0 Å². The van der Waals surface area contributed by atoms with Gasteiger partial charge in [0.15, 0.2) is 23.3 Å². The van der Waals surface area contributed by atoms with Gasteiger partial charge in [-0.3, -0.25) is 0 Å². The molecular formula is C6BrF4I. The molecule has 0 heterocycles. The summed E-state index contributed by atoms with van der Waals surface area (Å²) in [6.45, 7) is 0. The zero-order chi connectivity index (χ0) is 9.46. The minimum absolute atomic E-state index is 0.316. The molecule has 0 aliphatic carbocycles. The zero-order valence-corrected chi connectivity index (χ0v) is 9.01. The van der Waals surface area contributed by atoms with Crippen LogP contribution in [0.5, 0.6) is 0 Å². The minimum Gasteiger partial charge on any atom is -0.202 e. The number of halogens is 6. The van der Waals surface area contributed by atoms with Crippen LogP contribution >= 0.6 is 38.5 Å². The standard InChI is InChI=1S/C6BrF4I/c7-1-2(8)3(9)4(10)5(11)6(1)12. The lowest BCUT2D eigenvalue weighted by Crippen LogP contribution is -2.00. The van der Waals surface area contributed by atoms with Crippen molar-refractivity contribution in [3.05, 3.63) is 31.3 Å². The fourth-order valence-corrected chi connectivity index (χ4v) is 1.40. The molecule has 0 N–H and O–H groups in total. The van der Waals surface area contributed by atoms with Gasteiger partial charge in [0, 0.05) is 0 Å². The maximum absolute atomic E-state index is 12.6. The third-order valence-corrected chi connectivity index (χ3v) is 3.66. The Morgan fingerprint density at radius 2 is 1.25 bits per heavy atom. The highest BCUT2D eigenvalue weighted by Crippen LogP contribution is 2.29. The van der Waals surface area contributed by atoms with E-state index < -0.39 is 27.7 Å². The lowest BCUT2D eigenvalue weighted by Gasteiger charge is -2.02. The SMILES string of the molecule is Fc1c(F)c(F)c(I)c(Br)c1F. The van der Waals surface area contributed by atoms with E-state index >= 15 is 0 Å². The van der Waals surface area contributed by atoms with Gasteiger partial charge >= 0.3 is 0 Å². The molecule has 0 aliphatic heterocycles. The summed E-state index contributed by atoms with van der Waals surface area (Å²) >= 11 is 3.95. The van der Waals surface area contributed by atoms with Crippen molar-refractivity contribution in [2.75, 3.05) is 0 Å². The van der Waals surface area contributed by atoms with Gasteiger partial charge in [0.25, 0.3) is 0 Å². The van der Waals surface area contributed by atoms with Gasteiger partial charge < -0.3 is 0 Å². The van der Waals surface area contributed by atoms with Gasteiger partial charge in [-0.25, -0.2) is 17.6 Å². The number of benzene rings is 1. The third-order valence-electron chi connectivity index (χ3n) is 1.16. The first-order valence-electron chi connectivity index (χ1n) is 2.63. The van der Waals surface area contributed by atoms with E-state index in [0.717, 1.165) is 0 Å². The molecule has 0 nitrogen and oxygen atoms in total. The van der Waals surface area contributed by atoms with Gasteiger partial charge in [0.05, 0.1) is 8.04 Å². The molecule has 0 unspecified atom stereocenters. The molecule has 0 fully saturated rings. The first-order chi connectivity index (χ1) is 5.46. The fraction of sp³-hybridized carbons (Fsp3) is 0. The second-order valence-corrected chi connectivity index (χ2v) is 3.76. The van der Waals surface area contributed by atoms with Crippen molar-refractivity contribution in [3.8, 4) is 0 Å². The number of hydrogen-bond acceptors (Lipinski definition) is 0. The van der Waals surface area contributed by atoms with E-state index in [9.17, 15) is 17.6 Å². The van der Waals surface area contributed by atoms with Crippen molar-refractivity contribution >= 4 is 38.5 Å². The van der Waals surface area contributed by atoms with E-state index in [-0.39, 0.29) is 3.57 Å². The Morgan fingerprint density at radius 3 is 1.75 bits per heavy atom. The second-order valence-electron chi connectivity index (χ2n) is 1.88. The van der Waals surface area contributed by atoms with E-state index in [1.807, 2.05) is 0 Å². The first kappa shape index (κ1) is 10.2. The van der Waals surface area contributed by atoms with Crippen molar-refractivity contribution < 1.29 is 17.6 Å². The highest BCUT2D eigenvalue weighted by atomic mass is 127. The number of rotatable bonds is 0. The van der Waals surface area contributed by atoms with Gasteiger partial charge in [0.1, 0.15) is 0 Å². The van der Waals surface area contributed by atoms with Crippen LogP contribution in [0.2, 0.25) is 0 Å². The molecule has 6 heteroatoms. The molecule has 12 heavy (non-hydrogen) atoms. The van der Waals surface area contributed by atoms with Crippen LogP contribution in [0.1, 0.15) is 0 Å². The Labute approximate surface area is 87.2 Å². The Balaban J connectivity index is 3.60. The summed E-state index contributed by atoms with van der Waals surface area (Å²) in [5.74, 6) is -6.40. The van der Waals surface area contributed by atoms with Crippen LogP contribution in [-0.4, -0.2) is 0 Å². The maximum atomic E-state index is 12.6. The molecule has 1 aromatic carbocycles. The minimum atomic E-state index is -1.81. The molecule has 0 bridgehead atoms. The smallest absolute Gasteiger partial charge is 0.198 e. The average Bonchev–Trinajstić information content (AvgIpc) is 2.08. The average molecular weight is 355 g/mol. The van der Waals surface area contributed by atoms with E-state index in [2.05, 4.69) is 15.9 Å².